The minimum Gasteiger partial charge on any atom is -0.475 e. The van der Waals surface area contributed by atoms with Gasteiger partial charge in [-0.15, -0.1) is 0 Å². The molecule has 156 valence electrons. The molecule has 0 aromatic heterocycles. The van der Waals surface area contributed by atoms with E-state index >= 15 is 0 Å². The third-order valence-electron chi connectivity index (χ3n) is 4.41. The van der Waals surface area contributed by atoms with E-state index in [2.05, 4.69) is 10.9 Å². The highest BCUT2D eigenvalue weighted by Crippen LogP contribution is 2.33. The van der Waals surface area contributed by atoms with Crippen LogP contribution in [0.4, 0.5) is 5.69 Å². The highest BCUT2D eigenvalue weighted by atomic mass is 16.6. The predicted molar refractivity (Wildman–Crippen MR) is 106 cm³/mol. The highest BCUT2D eigenvalue weighted by Gasteiger charge is 2.35. The van der Waals surface area contributed by atoms with Crippen molar-refractivity contribution in [2.75, 3.05) is 11.4 Å². The number of hydrogen-bond acceptors (Lipinski definition) is 6. The molecule has 0 spiro atoms. The number of carbonyl (C=O) groups is 4. The fraction of sp³-hybridized carbons (Fsp3) is 0.238. The van der Waals surface area contributed by atoms with Gasteiger partial charge in [0.2, 0.25) is 12.0 Å². The summed E-state index contributed by atoms with van der Waals surface area (Å²) in [5, 5.41) is 0. The molecular formula is C21H21N3O6. The Morgan fingerprint density at radius 2 is 1.70 bits per heavy atom. The van der Waals surface area contributed by atoms with Crippen molar-refractivity contribution in [2.24, 2.45) is 0 Å². The molecule has 2 atom stereocenters. The Balaban J connectivity index is 1.57. The third kappa shape index (κ3) is 4.75. The van der Waals surface area contributed by atoms with Crippen molar-refractivity contribution in [3.8, 4) is 5.75 Å². The lowest BCUT2D eigenvalue weighted by Gasteiger charge is -2.33. The lowest BCUT2D eigenvalue weighted by Crippen LogP contribution is -2.50. The molecule has 9 nitrogen and oxygen atoms in total. The molecule has 2 aromatic carbocycles. The van der Waals surface area contributed by atoms with Crippen molar-refractivity contribution < 1.29 is 28.7 Å². The van der Waals surface area contributed by atoms with E-state index in [9.17, 15) is 19.2 Å². The molecule has 0 saturated heterocycles. The van der Waals surface area contributed by atoms with Gasteiger partial charge in [-0.05, 0) is 31.2 Å². The van der Waals surface area contributed by atoms with E-state index in [1.807, 2.05) is 0 Å². The summed E-state index contributed by atoms with van der Waals surface area (Å²) >= 11 is 0. The number of benzene rings is 2. The molecule has 3 amide bonds. The summed E-state index contributed by atoms with van der Waals surface area (Å²) in [6, 6.07) is 15.1. The summed E-state index contributed by atoms with van der Waals surface area (Å²) in [6.07, 6.45) is -2.28. The van der Waals surface area contributed by atoms with Crippen LogP contribution in [0.25, 0.3) is 0 Å². The average Bonchev–Trinajstić information content (AvgIpc) is 2.76. The Hall–Kier alpha value is -3.88. The molecule has 0 radical (unpaired) electrons. The number of rotatable bonds is 4. The molecule has 1 aliphatic rings. The zero-order valence-electron chi connectivity index (χ0n) is 16.5. The maximum Gasteiger partial charge on any atom is 0.350 e. The highest BCUT2D eigenvalue weighted by molar-refractivity contribution is 5.97. The Bertz CT molecular complexity index is 962. The first kappa shape index (κ1) is 20.8. The lowest BCUT2D eigenvalue weighted by molar-refractivity contribution is -0.161. The predicted octanol–water partition coefficient (Wildman–Crippen LogP) is 1.19. The van der Waals surface area contributed by atoms with Gasteiger partial charge in [0.1, 0.15) is 5.75 Å². The molecule has 9 heteroatoms. The molecule has 2 aromatic rings. The van der Waals surface area contributed by atoms with Gasteiger partial charge < -0.3 is 14.4 Å². The fourth-order valence-corrected chi connectivity index (χ4v) is 2.84. The van der Waals surface area contributed by atoms with E-state index in [0.29, 0.717) is 17.0 Å². The van der Waals surface area contributed by atoms with Gasteiger partial charge in [-0.1, -0.05) is 30.3 Å². The second kappa shape index (κ2) is 9.08. The number of nitrogens with one attached hydrogen (secondary N) is 2. The van der Waals surface area contributed by atoms with Gasteiger partial charge in [-0.3, -0.25) is 25.2 Å². The van der Waals surface area contributed by atoms with Crippen molar-refractivity contribution in [2.45, 2.75) is 26.1 Å². The van der Waals surface area contributed by atoms with Gasteiger partial charge >= 0.3 is 5.97 Å². The summed E-state index contributed by atoms with van der Waals surface area (Å²) in [7, 11) is 0. The van der Waals surface area contributed by atoms with E-state index in [0.717, 1.165) is 0 Å². The third-order valence-corrected chi connectivity index (χ3v) is 4.41. The van der Waals surface area contributed by atoms with Crippen LogP contribution in [0.15, 0.2) is 54.6 Å². The van der Waals surface area contributed by atoms with Crippen LogP contribution in [0, 0.1) is 0 Å². The zero-order chi connectivity index (χ0) is 21.7. The Morgan fingerprint density at radius 3 is 2.40 bits per heavy atom. The van der Waals surface area contributed by atoms with Crippen molar-refractivity contribution in [3.05, 3.63) is 60.2 Å². The number of amides is 3. The van der Waals surface area contributed by atoms with Crippen LogP contribution in [0.5, 0.6) is 5.75 Å². The van der Waals surface area contributed by atoms with E-state index in [4.69, 9.17) is 9.47 Å². The number of nitrogens with zero attached hydrogens (tertiary/aromatic N) is 1. The molecule has 0 unspecified atom stereocenters. The Morgan fingerprint density at radius 1 is 1.03 bits per heavy atom. The van der Waals surface area contributed by atoms with Crippen LogP contribution in [0.1, 0.15) is 24.2 Å². The van der Waals surface area contributed by atoms with Crippen molar-refractivity contribution in [1.29, 1.82) is 0 Å². The fourth-order valence-electron chi connectivity index (χ4n) is 2.84. The quantitative estimate of drug-likeness (QED) is 0.577. The van der Waals surface area contributed by atoms with Crippen LogP contribution in [0.3, 0.4) is 0 Å². The van der Waals surface area contributed by atoms with Crippen molar-refractivity contribution in [3.63, 3.8) is 0 Å². The first-order valence-corrected chi connectivity index (χ1v) is 9.26. The second-order valence-electron chi connectivity index (χ2n) is 6.59. The summed E-state index contributed by atoms with van der Waals surface area (Å²) in [6.45, 7) is 2.71. The molecule has 0 bridgehead atoms. The number of ether oxygens (including phenoxy) is 2. The topological polar surface area (TPSA) is 114 Å². The number of anilines is 1. The van der Waals surface area contributed by atoms with E-state index in [-0.39, 0.29) is 12.5 Å². The maximum atomic E-state index is 12.5. The summed E-state index contributed by atoms with van der Waals surface area (Å²) < 4.78 is 10.8. The SMILES string of the molecule is CC(=O)N1C[C@H](C(=O)O[C@@H](C)C(=O)NNC(=O)c2ccccc2)Oc2ccccc21. The molecule has 0 fully saturated rings. The minimum absolute atomic E-state index is 0.0374. The number of hydrogen-bond donors (Lipinski definition) is 2. The standard InChI is InChI=1S/C21H21N3O6/c1-13(19(26)22-23-20(27)15-8-4-3-5-9-15)29-21(28)18-12-24(14(2)25)16-10-6-7-11-17(16)30-18/h3-11,13,18H,12H2,1-2H3,(H,22,26)(H,23,27)/t13-,18+/m0/s1. The zero-order valence-corrected chi connectivity index (χ0v) is 16.5. The number of para-hydroxylation sites is 2. The average molecular weight is 411 g/mol. The summed E-state index contributed by atoms with van der Waals surface area (Å²) in [5.41, 5.74) is 5.38. The molecule has 3 rings (SSSR count). The molecule has 1 heterocycles. The monoisotopic (exact) mass is 411 g/mol. The molecule has 1 aliphatic heterocycles. The van der Waals surface area contributed by atoms with E-state index in [1.165, 1.54) is 18.7 Å². The van der Waals surface area contributed by atoms with Crippen LogP contribution in [0.2, 0.25) is 0 Å². The van der Waals surface area contributed by atoms with Crippen LogP contribution in [-0.4, -0.2) is 42.4 Å². The van der Waals surface area contributed by atoms with Gasteiger partial charge in [0, 0.05) is 12.5 Å². The maximum absolute atomic E-state index is 12.5. The second-order valence-corrected chi connectivity index (χ2v) is 6.59. The molecule has 30 heavy (non-hydrogen) atoms. The first-order valence-electron chi connectivity index (χ1n) is 9.26. The van der Waals surface area contributed by atoms with Crippen LogP contribution >= 0.6 is 0 Å². The summed E-state index contributed by atoms with van der Waals surface area (Å²) in [5.74, 6) is -1.90. The van der Waals surface area contributed by atoms with Gasteiger partial charge in [-0.2, -0.15) is 0 Å². The first-order chi connectivity index (χ1) is 14.4. The van der Waals surface area contributed by atoms with Gasteiger partial charge in [0.25, 0.3) is 11.8 Å². The Kier molecular flexibility index (Phi) is 6.31. The van der Waals surface area contributed by atoms with Gasteiger partial charge in [0.15, 0.2) is 6.10 Å². The number of esters is 1. The molecule has 0 saturated carbocycles. The largest absolute Gasteiger partial charge is 0.475 e. The van der Waals surface area contributed by atoms with Crippen molar-refractivity contribution in [1.82, 2.24) is 10.9 Å². The van der Waals surface area contributed by atoms with Gasteiger partial charge in [-0.25, -0.2) is 4.79 Å². The normalized spacial score (nSPS) is 15.8. The Labute approximate surface area is 172 Å². The van der Waals surface area contributed by atoms with Crippen LogP contribution < -0.4 is 20.5 Å². The van der Waals surface area contributed by atoms with Gasteiger partial charge in [0.05, 0.1) is 12.2 Å². The van der Waals surface area contributed by atoms with E-state index < -0.39 is 30.0 Å². The number of hydrazine groups is 1. The van der Waals surface area contributed by atoms with Crippen LogP contribution in [-0.2, 0) is 19.1 Å². The van der Waals surface area contributed by atoms with E-state index in [1.54, 1.807) is 54.6 Å². The number of fused-ring (bicyclic) bond motifs is 1. The number of carbonyl (C=O) groups excluding carboxylic acids is 4. The molecule has 0 aliphatic carbocycles. The smallest absolute Gasteiger partial charge is 0.350 e. The lowest BCUT2D eigenvalue weighted by atomic mass is 10.2. The minimum atomic E-state index is -1.19. The summed E-state index contributed by atoms with van der Waals surface area (Å²) in [4.78, 5) is 50.0. The molecular weight excluding hydrogens is 390 g/mol. The van der Waals surface area contributed by atoms with Crippen molar-refractivity contribution >= 4 is 29.4 Å². The molecule has 2 N–H and O–H groups in total.